The molecule has 0 unspecified atom stereocenters. The van der Waals surface area contributed by atoms with Gasteiger partial charge in [0.05, 0.1) is 6.57 Å². The van der Waals surface area contributed by atoms with E-state index in [9.17, 15) is 4.79 Å². The highest BCUT2D eigenvalue weighted by molar-refractivity contribution is 5.70. The number of benzene rings is 1. The van der Waals surface area contributed by atoms with Crippen LogP contribution in [0.1, 0.15) is 26.3 Å². The first-order chi connectivity index (χ1) is 11.9. The van der Waals surface area contributed by atoms with Crippen molar-refractivity contribution in [2.24, 2.45) is 0 Å². The maximum absolute atomic E-state index is 12.1. The first-order valence-corrected chi connectivity index (χ1v) is 8.43. The van der Waals surface area contributed by atoms with Crippen LogP contribution < -0.4 is 9.64 Å². The zero-order valence-electron chi connectivity index (χ0n) is 14.9. The smallest absolute Gasteiger partial charge is 0.410 e. The lowest BCUT2D eigenvalue weighted by atomic mass is 10.1. The molecule has 0 radical (unpaired) electrons. The number of amides is 1. The minimum absolute atomic E-state index is 0.252. The molecule has 0 aliphatic carbocycles. The molecule has 2 aliphatic heterocycles. The van der Waals surface area contributed by atoms with Crippen LogP contribution in [0, 0.1) is 6.57 Å². The summed E-state index contributed by atoms with van der Waals surface area (Å²) in [6, 6.07) is 6.03. The SMILES string of the molecule is [C-]#[N+]C1=Cc2ccc(N3CCN(C(=O)OC(C)(C)C)CC3)cc2OC1. The monoisotopic (exact) mass is 341 g/mol. The van der Waals surface area contributed by atoms with E-state index in [1.807, 2.05) is 45.0 Å². The van der Waals surface area contributed by atoms with Crippen LogP contribution in [0.2, 0.25) is 0 Å². The number of carbonyl (C=O) groups is 1. The summed E-state index contributed by atoms with van der Waals surface area (Å²) < 4.78 is 11.1. The van der Waals surface area contributed by atoms with Gasteiger partial charge in [0.15, 0.2) is 0 Å². The number of hydrogen-bond acceptors (Lipinski definition) is 4. The average molecular weight is 341 g/mol. The molecular weight excluding hydrogens is 318 g/mol. The fraction of sp³-hybridized carbons (Fsp3) is 0.474. The van der Waals surface area contributed by atoms with Crippen LogP contribution in [-0.2, 0) is 4.74 Å². The van der Waals surface area contributed by atoms with Gasteiger partial charge in [-0.1, -0.05) is 6.07 Å². The summed E-state index contributed by atoms with van der Waals surface area (Å²) in [6.45, 7) is 15.8. The second kappa shape index (κ2) is 6.67. The van der Waals surface area contributed by atoms with Gasteiger partial charge in [0, 0.05) is 43.5 Å². The third kappa shape index (κ3) is 4.05. The molecular formula is C19H23N3O3. The standard InChI is InChI=1S/C19H23N3O3/c1-19(2,3)25-18(23)22-9-7-21(8-10-22)16-6-5-14-11-15(20-4)13-24-17(14)12-16/h5-6,11-12H,7-10,13H2,1-3H3. The third-order valence-electron chi connectivity index (χ3n) is 4.13. The molecule has 0 atom stereocenters. The second-order valence-corrected chi connectivity index (χ2v) is 7.21. The van der Waals surface area contributed by atoms with E-state index in [1.165, 1.54) is 0 Å². The number of hydrogen-bond donors (Lipinski definition) is 0. The van der Waals surface area contributed by atoms with Gasteiger partial charge in [0.1, 0.15) is 18.0 Å². The number of piperazine rings is 1. The number of carbonyl (C=O) groups excluding carboxylic acids is 1. The lowest BCUT2D eigenvalue weighted by Gasteiger charge is -2.37. The molecule has 6 nitrogen and oxygen atoms in total. The first-order valence-electron chi connectivity index (χ1n) is 8.43. The van der Waals surface area contributed by atoms with Crippen LogP contribution >= 0.6 is 0 Å². The summed E-state index contributed by atoms with van der Waals surface area (Å²) >= 11 is 0. The molecule has 1 aromatic rings. The predicted octanol–water partition coefficient (Wildman–Crippen LogP) is 3.40. The van der Waals surface area contributed by atoms with E-state index in [0.717, 1.165) is 30.1 Å². The van der Waals surface area contributed by atoms with Crippen molar-refractivity contribution in [2.45, 2.75) is 26.4 Å². The maximum atomic E-state index is 12.1. The van der Waals surface area contributed by atoms with Gasteiger partial charge < -0.3 is 19.3 Å². The first kappa shape index (κ1) is 17.2. The molecule has 132 valence electrons. The van der Waals surface area contributed by atoms with E-state index in [0.29, 0.717) is 25.4 Å². The van der Waals surface area contributed by atoms with Crippen LogP contribution in [0.25, 0.3) is 10.9 Å². The molecule has 0 bridgehead atoms. The van der Waals surface area contributed by atoms with Gasteiger partial charge in [-0.3, -0.25) is 0 Å². The van der Waals surface area contributed by atoms with E-state index in [1.54, 1.807) is 4.90 Å². The number of rotatable bonds is 1. The molecule has 6 heteroatoms. The Bertz CT molecular complexity index is 735. The molecule has 1 fully saturated rings. The minimum atomic E-state index is -0.470. The van der Waals surface area contributed by atoms with Gasteiger partial charge in [-0.25, -0.2) is 9.64 Å². The largest absolute Gasteiger partial charge is 0.499 e. The Hall–Kier alpha value is -2.68. The second-order valence-electron chi connectivity index (χ2n) is 7.21. The van der Waals surface area contributed by atoms with E-state index < -0.39 is 5.60 Å². The van der Waals surface area contributed by atoms with E-state index in [-0.39, 0.29) is 6.09 Å². The van der Waals surface area contributed by atoms with Crippen molar-refractivity contribution in [3.63, 3.8) is 0 Å². The summed E-state index contributed by atoms with van der Waals surface area (Å²) in [6.07, 6.45) is 1.62. The molecule has 0 aromatic heterocycles. The quantitative estimate of drug-likeness (QED) is 0.735. The molecule has 0 saturated carbocycles. The minimum Gasteiger partial charge on any atom is -0.499 e. The van der Waals surface area contributed by atoms with Crippen LogP contribution in [-0.4, -0.2) is 49.4 Å². The Morgan fingerprint density at radius 1 is 1.24 bits per heavy atom. The van der Waals surface area contributed by atoms with Crippen molar-refractivity contribution in [3.05, 3.63) is 40.9 Å². The van der Waals surface area contributed by atoms with Crippen molar-refractivity contribution in [1.29, 1.82) is 0 Å². The Labute approximate surface area is 148 Å². The summed E-state index contributed by atoms with van der Waals surface area (Å²) in [5.41, 5.74) is 2.16. The fourth-order valence-corrected chi connectivity index (χ4v) is 2.88. The zero-order valence-corrected chi connectivity index (χ0v) is 14.9. The van der Waals surface area contributed by atoms with Gasteiger partial charge in [0.25, 0.3) is 0 Å². The van der Waals surface area contributed by atoms with Crippen LogP contribution in [0.15, 0.2) is 23.9 Å². The third-order valence-corrected chi connectivity index (χ3v) is 4.13. The highest BCUT2D eigenvalue weighted by Gasteiger charge is 2.26. The Morgan fingerprint density at radius 3 is 2.60 bits per heavy atom. The molecule has 1 amide bonds. The maximum Gasteiger partial charge on any atom is 0.410 e. The van der Waals surface area contributed by atoms with E-state index >= 15 is 0 Å². The number of ether oxygens (including phenoxy) is 2. The van der Waals surface area contributed by atoms with E-state index in [4.69, 9.17) is 16.0 Å². The summed E-state index contributed by atoms with van der Waals surface area (Å²) in [7, 11) is 0. The van der Waals surface area contributed by atoms with Gasteiger partial charge in [-0.05, 0) is 32.9 Å². The van der Waals surface area contributed by atoms with E-state index in [2.05, 4.69) is 9.74 Å². The Morgan fingerprint density at radius 2 is 1.96 bits per heavy atom. The summed E-state index contributed by atoms with van der Waals surface area (Å²) in [4.78, 5) is 19.6. The fourth-order valence-electron chi connectivity index (χ4n) is 2.88. The molecule has 25 heavy (non-hydrogen) atoms. The van der Waals surface area contributed by atoms with Crippen molar-refractivity contribution < 1.29 is 14.3 Å². The molecule has 2 aliphatic rings. The topological polar surface area (TPSA) is 46.4 Å². The highest BCUT2D eigenvalue weighted by Crippen LogP contribution is 2.31. The summed E-state index contributed by atoms with van der Waals surface area (Å²) in [5.74, 6) is 0.805. The molecule has 2 heterocycles. The molecule has 3 rings (SSSR count). The highest BCUT2D eigenvalue weighted by atomic mass is 16.6. The zero-order chi connectivity index (χ0) is 18.0. The van der Waals surface area contributed by atoms with Crippen LogP contribution in [0.5, 0.6) is 5.75 Å². The van der Waals surface area contributed by atoms with Gasteiger partial charge in [0.2, 0.25) is 5.70 Å². The van der Waals surface area contributed by atoms with Crippen molar-refractivity contribution >= 4 is 17.9 Å². The normalized spacial score (nSPS) is 17.1. The van der Waals surface area contributed by atoms with Crippen LogP contribution in [0.3, 0.4) is 0 Å². The molecule has 1 saturated heterocycles. The molecule has 1 aromatic carbocycles. The Kier molecular flexibility index (Phi) is 4.58. The number of anilines is 1. The van der Waals surface area contributed by atoms with Crippen molar-refractivity contribution in [1.82, 2.24) is 4.90 Å². The van der Waals surface area contributed by atoms with Crippen molar-refractivity contribution in [2.75, 3.05) is 37.7 Å². The molecule has 0 spiro atoms. The lowest BCUT2D eigenvalue weighted by molar-refractivity contribution is 0.0240. The summed E-state index contributed by atoms with van der Waals surface area (Å²) in [5, 5.41) is 0. The van der Waals surface area contributed by atoms with Gasteiger partial charge >= 0.3 is 6.09 Å². The van der Waals surface area contributed by atoms with Crippen LogP contribution in [0.4, 0.5) is 10.5 Å². The number of fused-ring (bicyclic) bond motifs is 1. The average Bonchev–Trinajstić information content (AvgIpc) is 2.59. The Balaban J connectivity index is 1.63. The lowest BCUT2D eigenvalue weighted by Crippen LogP contribution is -2.50. The molecule has 0 N–H and O–H groups in total. The van der Waals surface area contributed by atoms with Gasteiger partial charge in [-0.15, -0.1) is 0 Å². The predicted molar refractivity (Wildman–Crippen MR) is 96.5 cm³/mol. The number of nitrogens with zero attached hydrogens (tertiary/aromatic N) is 3. The van der Waals surface area contributed by atoms with Crippen molar-refractivity contribution in [3.8, 4) is 5.75 Å². The van der Waals surface area contributed by atoms with Gasteiger partial charge in [-0.2, -0.15) is 0 Å².